The lowest BCUT2D eigenvalue weighted by molar-refractivity contribution is -0.155. The second kappa shape index (κ2) is 9.30. The zero-order valence-electron chi connectivity index (χ0n) is 20.7. The Kier molecular flexibility index (Phi) is 6.75. The third-order valence-corrected chi connectivity index (χ3v) is 8.04. The Balaban J connectivity index is 1.77. The lowest BCUT2D eigenvalue weighted by Crippen LogP contribution is -2.57. The summed E-state index contributed by atoms with van der Waals surface area (Å²) in [6, 6.07) is 4.31. The van der Waals surface area contributed by atoms with Crippen LogP contribution in [-0.2, 0) is 23.9 Å². The Morgan fingerprint density at radius 3 is 2.71 bits per heavy atom. The summed E-state index contributed by atoms with van der Waals surface area (Å²) in [5.41, 5.74) is 1.48. The van der Waals surface area contributed by atoms with E-state index < -0.39 is 41.6 Å². The minimum Gasteiger partial charge on any atom is -0.466 e. The monoisotopic (exact) mass is 472 g/mol. The van der Waals surface area contributed by atoms with E-state index in [2.05, 4.69) is 5.32 Å². The lowest BCUT2D eigenvalue weighted by Gasteiger charge is -2.38. The first-order chi connectivity index (χ1) is 16.2. The van der Waals surface area contributed by atoms with Gasteiger partial charge in [0.1, 0.15) is 11.6 Å². The fourth-order valence-corrected chi connectivity index (χ4v) is 6.14. The standard InChI is InChI=1S/C26H36N2O6/c1-6-15(4)18(13-29)28-22(23(30)27-17-12-14(3)8-9-16(17)5)26-11-10-19(34-26)20(21(26)24(28)31)25(32)33-7-2/h8-9,12,15,18-22,29H,6-7,10-11,13H2,1-5H3,(H,27,30)/t15-,18-,19+,20-,21-,22?,26?/m0/s1. The van der Waals surface area contributed by atoms with Gasteiger partial charge in [0.2, 0.25) is 11.8 Å². The number of ether oxygens (including phenoxy) is 2. The molecule has 0 radical (unpaired) electrons. The zero-order valence-corrected chi connectivity index (χ0v) is 20.7. The van der Waals surface area contributed by atoms with Crippen LogP contribution in [0.3, 0.4) is 0 Å². The number of aliphatic hydroxyl groups excluding tert-OH is 1. The number of likely N-dealkylation sites (tertiary alicyclic amines) is 1. The fourth-order valence-electron chi connectivity index (χ4n) is 6.14. The molecular weight excluding hydrogens is 436 g/mol. The maximum atomic E-state index is 13.9. The van der Waals surface area contributed by atoms with Crippen LogP contribution >= 0.6 is 0 Å². The molecule has 1 aromatic rings. The number of hydrogen-bond donors (Lipinski definition) is 2. The molecule has 4 rings (SSSR count). The van der Waals surface area contributed by atoms with Gasteiger partial charge in [-0.25, -0.2) is 0 Å². The molecule has 3 saturated heterocycles. The van der Waals surface area contributed by atoms with Gasteiger partial charge in [0.25, 0.3) is 0 Å². The summed E-state index contributed by atoms with van der Waals surface area (Å²) in [5, 5.41) is 13.3. The summed E-state index contributed by atoms with van der Waals surface area (Å²) in [4.78, 5) is 42.3. The molecule has 1 aromatic carbocycles. The molecule has 3 fully saturated rings. The molecule has 2 bridgehead atoms. The van der Waals surface area contributed by atoms with Gasteiger partial charge in [-0.3, -0.25) is 14.4 Å². The molecule has 0 saturated carbocycles. The van der Waals surface area contributed by atoms with E-state index >= 15 is 0 Å². The number of carbonyl (C=O) groups is 3. The average Bonchev–Trinajstić information content (AvgIpc) is 3.44. The van der Waals surface area contributed by atoms with Crippen molar-refractivity contribution >= 4 is 23.5 Å². The SMILES string of the molecule is CCOC(=O)[C@@H]1[C@H]2C(=O)N([C@@H](CO)[C@@H](C)CC)C(C(=O)Nc3cc(C)ccc3C)C23CC[C@H]1O3. The molecule has 8 nitrogen and oxygen atoms in total. The number of nitrogens with zero attached hydrogens (tertiary/aromatic N) is 1. The van der Waals surface area contributed by atoms with Crippen molar-refractivity contribution in [1.82, 2.24) is 4.90 Å². The third-order valence-electron chi connectivity index (χ3n) is 8.04. The molecule has 7 atom stereocenters. The molecule has 0 aromatic heterocycles. The number of fused-ring (bicyclic) bond motifs is 1. The van der Waals surface area contributed by atoms with Crippen LogP contribution in [-0.4, -0.2) is 64.8 Å². The smallest absolute Gasteiger partial charge is 0.312 e. The van der Waals surface area contributed by atoms with Crippen molar-refractivity contribution in [1.29, 1.82) is 0 Å². The predicted molar refractivity (Wildman–Crippen MR) is 126 cm³/mol. The molecule has 1 spiro atoms. The molecule has 8 heteroatoms. The van der Waals surface area contributed by atoms with E-state index in [1.807, 2.05) is 45.9 Å². The molecule has 186 valence electrons. The number of rotatable bonds is 8. The van der Waals surface area contributed by atoms with Crippen molar-refractivity contribution in [2.45, 2.75) is 77.7 Å². The van der Waals surface area contributed by atoms with Gasteiger partial charge in [0.15, 0.2) is 0 Å². The summed E-state index contributed by atoms with van der Waals surface area (Å²) >= 11 is 0. The maximum absolute atomic E-state index is 13.9. The van der Waals surface area contributed by atoms with Gasteiger partial charge < -0.3 is 24.8 Å². The zero-order chi connectivity index (χ0) is 24.8. The molecule has 3 aliphatic heterocycles. The van der Waals surface area contributed by atoms with Crippen LogP contribution in [0.5, 0.6) is 0 Å². The van der Waals surface area contributed by atoms with E-state index in [-0.39, 0.29) is 30.9 Å². The van der Waals surface area contributed by atoms with E-state index in [0.717, 1.165) is 17.5 Å². The fraction of sp³-hybridized carbons (Fsp3) is 0.654. The van der Waals surface area contributed by atoms with Crippen LogP contribution in [0, 0.1) is 31.6 Å². The van der Waals surface area contributed by atoms with E-state index in [9.17, 15) is 19.5 Å². The Bertz CT molecular complexity index is 980. The molecule has 2 amide bonds. The molecular formula is C26H36N2O6. The van der Waals surface area contributed by atoms with Crippen molar-refractivity contribution < 1.29 is 29.0 Å². The van der Waals surface area contributed by atoms with Crippen molar-refractivity contribution in [2.75, 3.05) is 18.5 Å². The number of nitrogens with one attached hydrogen (secondary N) is 1. The molecule has 2 N–H and O–H groups in total. The van der Waals surface area contributed by atoms with Crippen LogP contribution in [0.4, 0.5) is 5.69 Å². The van der Waals surface area contributed by atoms with Gasteiger partial charge in [-0.2, -0.15) is 0 Å². The summed E-state index contributed by atoms with van der Waals surface area (Å²) < 4.78 is 11.7. The van der Waals surface area contributed by atoms with E-state index in [0.29, 0.717) is 18.5 Å². The number of esters is 1. The highest BCUT2D eigenvalue weighted by Gasteiger charge is 2.75. The van der Waals surface area contributed by atoms with Gasteiger partial charge in [0, 0.05) is 5.69 Å². The first-order valence-electron chi connectivity index (χ1n) is 12.4. The molecule has 0 aliphatic carbocycles. The number of aliphatic hydroxyl groups is 1. The third kappa shape index (κ3) is 3.71. The number of carbonyl (C=O) groups excluding carboxylic acids is 3. The number of anilines is 1. The topological polar surface area (TPSA) is 105 Å². The number of amides is 2. The van der Waals surface area contributed by atoms with E-state index in [1.165, 1.54) is 4.90 Å². The second-order valence-corrected chi connectivity index (χ2v) is 10.00. The summed E-state index contributed by atoms with van der Waals surface area (Å²) in [6.45, 7) is 9.48. The van der Waals surface area contributed by atoms with E-state index in [1.54, 1.807) is 6.92 Å². The highest BCUT2D eigenvalue weighted by Crippen LogP contribution is 2.59. The van der Waals surface area contributed by atoms with Crippen LogP contribution in [0.1, 0.15) is 51.2 Å². The average molecular weight is 473 g/mol. The lowest BCUT2D eigenvalue weighted by atomic mass is 9.70. The summed E-state index contributed by atoms with van der Waals surface area (Å²) in [6.07, 6.45) is 1.37. The van der Waals surface area contributed by atoms with E-state index in [4.69, 9.17) is 9.47 Å². The molecule has 3 aliphatic rings. The molecule has 2 unspecified atom stereocenters. The Morgan fingerprint density at radius 1 is 1.32 bits per heavy atom. The van der Waals surface area contributed by atoms with Crippen LogP contribution in [0.15, 0.2) is 18.2 Å². The van der Waals surface area contributed by atoms with Crippen molar-refractivity contribution in [3.63, 3.8) is 0 Å². The first-order valence-corrected chi connectivity index (χ1v) is 12.4. The van der Waals surface area contributed by atoms with Crippen LogP contribution < -0.4 is 5.32 Å². The number of aryl methyl sites for hydroxylation is 2. The minimum absolute atomic E-state index is 0.0431. The van der Waals surface area contributed by atoms with Crippen molar-refractivity contribution in [3.8, 4) is 0 Å². The largest absolute Gasteiger partial charge is 0.466 e. The number of benzene rings is 1. The quantitative estimate of drug-likeness (QED) is 0.564. The molecule has 34 heavy (non-hydrogen) atoms. The Morgan fingerprint density at radius 2 is 2.06 bits per heavy atom. The maximum Gasteiger partial charge on any atom is 0.312 e. The van der Waals surface area contributed by atoms with Gasteiger partial charge in [-0.1, -0.05) is 32.4 Å². The van der Waals surface area contributed by atoms with Crippen molar-refractivity contribution in [2.24, 2.45) is 17.8 Å². The highest BCUT2D eigenvalue weighted by atomic mass is 16.6. The van der Waals surface area contributed by atoms with Gasteiger partial charge >= 0.3 is 5.97 Å². The minimum atomic E-state index is -1.11. The van der Waals surface area contributed by atoms with Gasteiger partial charge in [0.05, 0.1) is 37.2 Å². The highest BCUT2D eigenvalue weighted by molar-refractivity contribution is 6.03. The summed E-state index contributed by atoms with van der Waals surface area (Å²) in [7, 11) is 0. The van der Waals surface area contributed by atoms with Crippen molar-refractivity contribution in [3.05, 3.63) is 29.3 Å². The van der Waals surface area contributed by atoms with Gasteiger partial charge in [-0.05, 0) is 56.7 Å². The normalized spacial score (nSPS) is 31.4. The summed E-state index contributed by atoms with van der Waals surface area (Å²) in [5.74, 6) is -2.68. The second-order valence-electron chi connectivity index (χ2n) is 10.00. The Labute approximate surface area is 201 Å². The van der Waals surface area contributed by atoms with Crippen LogP contribution in [0.2, 0.25) is 0 Å². The van der Waals surface area contributed by atoms with Crippen LogP contribution in [0.25, 0.3) is 0 Å². The number of hydrogen-bond acceptors (Lipinski definition) is 6. The predicted octanol–water partition coefficient (Wildman–Crippen LogP) is 2.59. The Hall–Kier alpha value is -2.45. The first kappa shape index (κ1) is 24.7. The molecule has 3 heterocycles. The van der Waals surface area contributed by atoms with Gasteiger partial charge in [-0.15, -0.1) is 0 Å².